The Labute approximate surface area is 121 Å². The van der Waals surface area contributed by atoms with E-state index < -0.39 is 0 Å². The SMILES string of the molecule is Cc1nc(CNC(=O)c2c[nH]c3ccc(N)cc23)oc1C. The number of fused-ring (bicyclic) bond motifs is 1. The lowest BCUT2D eigenvalue weighted by Gasteiger charge is -2.02. The van der Waals surface area contributed by atoms with Crippen LogP contribution in [0.5, 0.6) is 0 Å². The molecular formula is C15H16N4O2. The van der Waals surface area contributed by atoms with Gasteiger partial charge in [0.15, 0.2) is 0 Å². The Hall–Kier alpha value is -2.76. The van der Waals surface area contributed by atoms with Gasteiger partial charge in [0.05, 0.1) is 17.8 Å². The number of amides is 1. The van der Waals surface area contributed by atoms with Crippen molar-refractivity contribution in [3.05, 3.63) is 47.3 Å². The van der Waals surface area contributed by atoms with Gasteiger partial charge in [-0.05, 0) is 32.0 Å². The van der Waals surface area contributed by atoms with E-state index in [1.54, 1.807) is 18.3 Å². The van der Waals surface area contributed by atoms with Crippen LogP contribution in [0.4, 0.5) is 5.69 Å². The summed E-state index contributed by atoms with van der Waals surface area (Å²) in [5.41, 5.74) is 8.64. The molecule has 0 bridgehead atoms. The molecule has 0 aliphatic rings. The molecule has 2 heterocycles. The van der Waals surface area contributed by atoms with Crippen LogP contribution in [0.25, 0.3) is 10.9 Å². The quantitative estimate of drug-likeness (QED) is 0.643. The van der Waals surface area contributed by atoms with E-state index in [9.17, 15) is 4.79 Å². The van der Waals surface area contributed by atoms with Crippen molar-refractivity contribution in [3.63, 3.8) is 0 Å². The van der Waals surface area contributed by atoms with Crippen LogP contribution in [-0.2, 0) is 6.54 Å². The minimum Gasteiger partial charge on any atom is -0.444 e. The molecule has 0 aliphatic carbocycles. The number of nitrogen functional groups attached to an aromatic ring is 1. The van der Waals surface area contributed by atoms with Gasteiger partial charge in [-0.15, -0.1) is 0 Å². The first kappa shape index (κ1) is 13.2. The number of aromatic amines is 1. The summed E-state index contributed by atoms with van der Waals surface area (Å²) in [7, 11) is 0. The highest BCUT2D eigenvalue weighted by molar-refractivity contribution is 6.07. The maximum atomic E-state index is 12.3. The van der Waals surface area contributed by atoms with Crippen LogP contribution < -0.4 is 11.1 Å². The van der Waals surface area contributed by atoms with E-state index in [1.165, 1.54) is 0 Å². The van der Waals surface area contributed by atoms with Crippen molar-refractivity contribution >= 4 is 22.5 Å². The van der Waals surface area contributed by atoms with Gasteiger partial charge in [0, 0.05) is 22.8 Å². The van der Waals surface area contributed by atoms with Crippen molar-refractivity contribution in [1.29, 1.82) is 0 Å². The number of oxazole rings is 1. The van der Waals surface area contributed by atoms with Gasteiger partial charge in [-0.3, -0.25) is 4.79 Å². The summed E-state index contributed by atoms with van der Waals surface area (Å²) < 4.78 is 5.43. The summed E-state index contributed by atoms with van der Waals surface area (Å²) in [6, 6.07) is 5.42. The van der Waals surface area contributed by atoms with Crippen LogP contribution in [0, 0.1) is 13.8 Å². The normalized spacial score (nSPS) is 11.0. The number of anilines is 1. The highest BCUT2D eigenvalue weighted by Crippen LogP contribution is 2.21. The van der Waals surface area contributed by atoms with Crippen molar-refractivity contribution in [2.45, 2.75) is 20.4 Å². The topological polar surface area (TPSA) is 96.9 Å². The zero-order valence-electron chi connectivity index (χ0n) is 11.9. The molecule has 0 aliphatic heterocycles. The van der Waals surface area contributed by atoms with Crippen LogP contribution in [-0.4, -0.2) is 15.9 Å². The van der Waals surface area contributed by atoms with Gasteiger partial charge in [-0.25, -0.2) is 4.98 Å². The lowest BCUT2D eigenvalue weighted by atomic mass is 10.1. The van der Waals surface area contributed by atoms with Crippen LogP contribution in [0.3, 0.4) is 0 Å². The van der Waals surface area contributed by atoms with Crippen molar-refractivity contribution in [1.82, 2.24) is 15.3 Å². The average molecular weight is 284 g/mol. The highest BCUT2D eigenvalue weighted by Gasteiger charge is 2.13. The monoisotopic (exact) mass is 284 g/mol. The fraction of sp³-hybridized carbons (Fsp3) is 0.200. The molecule has 0 saturated carbocycles. The Morgan fingerprint density at radius 1 is 1.43 bits per heavy atom. The Kier molecular flexibility index (Phi) is 3.13. The van der Waals surface area contributed by atoms with Crippen molar-refractivity contribution in [2.75, 3.05) is 5.73 Å². The maximum Gasteiger partial charge on any atom is 0.253 e. The first-order chi connectivity index (χ1) is 10.0. The standard InChI is InChI=1S/C15H16N4O2/c1-8-9(2)21-14(19-8)7-18-15(20)12-6-17-13-4-3-10(16)5-11(12)13/h3-6,17H,7,16H2,1-2H3,(H,18,20). The van der Waals surface area contributed by atoms with E-state index in [1.807, 2.05) is 19.9 Å². The lowest BCUT2D eigenvalue weighted by molar-refractivity contribution is 0.0949. The molecule has 6 heteroatoms. The molecule has 21 heavy (non-hydrogen) atoms. The molecule has 2 aromatic heterocycles. The van der Waals surface area contributed by atoms with Gasteiger partial charge in [0.25, 0.3) is 5.91 Å². The first-order valence-electron chi connectivity index (χ1n) is 6.62. The summed E-state index contributed by atoms with van der Waals surface area (Å²) in [6.07, 6.45) is 1.67. The Morgan fingerprint density at radius 3 is 2.95 bits per heavy atom. The summed E-state index contributed by atoms with van der Waals surface area (Å²) in [6.45, 7) is 3.96. The Morgan fingerprint density at radius 2 is 2.24 bits per heavy atom. The summed E-state index contributed by atoms with van der Waals surface area (Å²) >= 11 is 0. The molecule has 108 valence electrons. The number of carbonyl (C=O) groups is 1. The molecule has 4 N–H and O–H groups in total. The summed E-state index contributed by atoms with van der Waals surface area (Å²) in [5.74, 6) is 1.07. The second kappa shape index (κ2) is 4.97. The summed E-state index contributed by atoms with van der Waals surface area (Å²) in [4.78, 5) is 19.5. The first-order valence-corrected chi connectivity index (χ1v) is 6.62. The molecule has 0 atom stereocenters. The molecule has 0 saturated heterocycles. The molecule has 1 aromatic carbocycles. The lowest BCUT2D eigenvalue weighted by Crippen LogP contribution is -2.22. The molecule has 0 fully saturated rings. The van der Waals surface area contributed by atoms with Crippen LogP contribution in [0.15, 0.2) is 28.8 Å². The third-order valence-electron chi connectivity index (χ3n) is 3.42. The highest BCUT2D eigenvalue weighted by atomic mass is 16.4. The minimum atomic E-state index is -0.194. The zero-order valence-corrected chi connectivity index (χ0v) is 11.9. The van der Waals surface area contributed by atoms with Crippen LogP contribution in [0.1, 0.15) is 27.7 Å². The van der Waals surface area contributed by atoms with Gasteiger partial charge in [0.2, 0.25) is 5.89 Å². The third kappa shape index (κ3) is 2.47. The van der Waals surface area contributed by atoms with E-state index in [-0.39, 0.29) is 12.5 Å². The number of hydrogen-bond acceptors (Lipinski definition) is 4. The predicted octanol–water partition coefficient (Wildman–Crippen LogP) is 2.28. The molecule has 0 spiro atoms. The number of nitrogens with one attached hydrogen (secondary N) is 2. The van der Waals surface area contributed by atoms with Crippen LogP contribution >= 0.6 is 0 Å². The number of nitrogens with zero attached hydrogens (tertiary/aromatic N) is 1. The van der Waals surface area contributed by atoms with Crippen molar-refractivity contribution in [2.24, 2.45) is 0 Å². The number of aromatic nitrogens is 2. The van der Waals surface area contributed by atoms with Gasteiger partial charge in [0.1, 0.15) is 5.76 Å². The number of benzene rings is 1. The average Bonchev–Trinajstić information content (AvgIpc) is 3.00. The molecule has 0 radical (unpaired) electrons. The number of nitrogens with two attached hydrogens (primary N) is 1. The number of H-pyrrole nitrogens is 1. The number of rotatable bonds is 3. The minimum absolute atomic E-state index is 0.194. The Balaban J connectivity index is 1.79. The fourth-order valence-corrected chi connectivity index (χ4v) is 2.19. The van der Waals surface area contributed by atoms with Gasteiger partial charge < -0.3 is 20.5 Å². The van der Waals surface area contributed by atoms with Crippen LogP contribution in [0.2, 0.25) is 0 Å². The smallest absolute Gasteiger partial charge is 0.253 e. The van der Waals surface area contributed by atoms with E-state index in [4.69, 9.17) is 10.2 Å². The van der Waals surface area contributed by atoms with E-state index in [0.29, 0.717) is 17.1 Å². The predicted molar refractivity (Wildman–Crippen MR) is 79.9 cm³/mol. The zero-order chi connectivity index (χ0) is 15.0. The van der Waals surface area contributed by atoms with E-state index in [2.05, 4.69) is 15.3 Å². The molecule has 1 amide bonds. The van der Waals surface area contributed by atoms with Gasteiger partial charge >= 0.3 is 0 Å². The molecule has 0 unspecified atom stereocenters. The van der Waals surface area contributed by atoms with Gasteiger partial charge in [-0.1, -0.05) is 0 Å². The molecule has 3 aromatic rings. The second-order valence-electron chi connectivity index (χ2n) is 4.94. The number of aryl methyl sites for hydroxylation is 2. The molecular weight excluding hydrogens is 268 g/mol. The van der Waals surface area contributed by atoms with E-state index in [0.717, 1.165) is 22.4 Å². The van der Waals surface area contributed by atoms with Crippen molar-refractivity contribution in [3.8, 4) is 0 Å². The Bertz CT molecular complexity index is 797. The second-order valence-corrected chi connectivity index (χ2v) is 4.94. The summed E-state index contributed by atoms with van der Waals surface area (Å²) in [5, 5.41) is 3.60. The third-order valence-corrected chi connectivity index (χ3v) is 3.42. The molecule has 3 rings (SSSR count). The van der Waals surface area contributed by atoms with Gasteiger partial charge in [-0.2, -0.15) is 0 Å². The molecule has 6 nitrogen and oxygen atoms in total. The fourth-order valence-electron chi connectivity index (χ4n) is 2.19. The number of hydrogen-bond donors (Lipinski definition) is 3. The largest absolute Gasteiger partial charge is 0.444 e. The van der Waals surface area contributed by atoms with Crippen molar-refractivity contribution < 1.29 is 9.21 Å². The van der Waals surface area contributed by atoms with E-state index >= 15 is 0 Å². The maximum absolute atomic E-state index is 12.3. The number of carbonyl (C=O) groups excluding carboxylic acids is 1.